The summed E-state index contributed by atoms with van der Waals surface area (Å²) in [6.45, 7) is 1.29. The summed E-state index contributed by atoms with van der Waals surface area (Å²) in [7, 11) is 0. The van der Waals surface area contributed by atoms with Crippen molar-refractivity contribution >= 4 is 28.6 Å². The van der Waals surface area contributed by atoms with Gasteiger partial charge >= 0.3 is 6.61 Å². The van der Waals surface area contributed by atoms with Gasteiger partial charge in [0.2, 0.25) is 0 Å². The van der Waals surface area contributed by atoms with Crippen LogP contribution in [-0.4, -0.2) is 6.61 Å². The van der Waals surface area contributed by atoms with Crippen LogP contribution in [0.3, 0.4) is 0 Å². The second-order valence-electron chi connectivity index (χ2n) is 4.55. The number of ether oxygens (including phenoxy) is 1. The quantitative estimate of drug-likeness (QED) is 0.729. The van der Waals surface area contributed by atoms with Crippen LogP contribution in [0.4, 0.5) is 14.5 Å². The highest BCUT2D eigenvalue weighted by Crippen LogP contribution is 2.31. The predicted octanol–water partition coefficient (Wildman–Crippen LogP) is 5.74. The Labute approximate surface area is 131 Å². The van der Waals surface area contributed by atoms with Crippen molar-refractivity contribution < 1.29 is 13.5 Å². The van der Waals surface area contributed by atoms with Crippen molar-refractivity contribution in [1.29, 1.82) is 0 Å². The molecule has 2 nitrogen and oxygen atoms in total. The first-order valence-electron chi connectivity index (χ1n) is 6.59. The number of halogens is 3. The molecular weight excluding hydrogens is 316 g/mol. The first-order valence-corrected chi connectivity index (χ1v) is 7.78. The van der Waals surface area contributed by atoms with Crippen LogP contribution in [0.2, 0.25) is 5.02 Å². The summed E-state index contributed by atoms with van der Waals surface area (Å²) in [6.07, 6.45) is 1.02. The number of hydrogen-bond donors (Lipinski definition) is 1. The highest BCUT2D eigenvalue weighted by Gasteiger charge is 2.12. The molecule has 0 radical (unpaired) electrons. The van der Waals surface area contributed by atoms with E-state index in [0.29, 0.717) is 0 Å². The molecule has 0 saturated carbocycles. The lowest BCUT2D eigenvalue weighted by Crippen LogP contribution is -2.06. The molecule has 0 aliphatic rings. The fourth-order valence-corrected chi connectivity index (χ4v) is 3.10. The Hall–Kier alpha value is -1.33. The molecule has 1 heterocycles. The first-order chi connectivity index (χ1) is 9.99. The summed E-state index contributed by atoms with van der Waals surface area (Å²) in [4.78, 5) is 2.55. The SMILES string of the molecule is CCc1ccc(C(C)Nc2ccc(OC(F)F)c(Cl)c2)s1. The largest absolute Gasteiger partial charge is 0.433 e. The van der Waals surface area contributed by atoms with Crippen molar-refractivity contribution in [2.75, 3.05) is 5.32 Å². The van der Waals surface area contributed by atoms with E-state index in [1.165, 1.54) is 15.8 Å². The van der Waals surface area contributed by atoms with Crippen molar-refractivity contribution in [2.45, 2.75) is 32.9 Å². The molecular formula is C15H16ClF2NOS. The predicted molar refractivity (Wildman–Crippen MR) is 83.8 cm³/mol. The normalized spacial score (nSPS) is 12.5. The van der Waals surface area contributed by atoms with E-state index < -0.39 is 6.61 Å². The second kappa shape index (κ2) is 7.09. The summed E-state index contributed by atoms with van der Waals surface area (Å²) in [6, 6.07) is 9.03. The Morgan fingerprint density at radius 3 is 2.62 bits per heavy atom. The molecule has 2 rings (SSSR count). The lowest BCUT2D eigenvalue weighted by molar-refractivity contribution is -0.0497. The Morgan fingerprint density at radius 2 is 2.05 bits per heavy atom. The Bertz CT molecular complexity index is 603. The molecule has 0 fully saturated rings. The van der Waals surface area contributed by atoms with Gasteiger partial charge in [0.05, 0.1) is 11.1 Å². The van der Waals surface area contributed by atoms with Gasteiger partial charge < -0.3 is 10.1 Å². The molecule has 6 heteroatoms. The fourth-order valence-electron chi connectivity index (χ4n) is 1.92. The van der Waals surface area contributed by atoms with E-state index in [2.05, 4.69) is 29.1 Å². The van der Waals surface area contributed by atoms with Gasteiger partial charge in [0.1, 0.15) is 5.75 Å². The number of anilines is 1. The van der Waals surface area contributed by atoms with Gasteiger partial charge in [-0.15, -0.1) is 11.3 Å². The molecule has 1 aromatic carbocycles. The first kappa shape index (κ1) is 16.0. The number of nitrogens with one attached hydrogen (secondary N) is 1. The average molecular weight is 332 g/mol. The van der Waals surface area contributed by atoms with Crippen LogP contribution in [0, 0.1) is 0 Å². The number of aryl methyl sites for hydroxylation is 1. The lowest BCUT2D eigenvalue weighted by atomic mass is 10.2. The second-order valence-corrected chi connectivity index (χ2v) is 6.15. The van der Waals surface area contributed by atoms with Crippen LogP contribution in [0.15, 0.2) is 30.3 Å². The summed E-state index contributed by atoms with van der Waals surface area (Å²) in [5.41, 5.74) is 0.764. The highest BCUT2D eigenvalue weighted by atomic mass is 35.5. The number of hydrogen-bond acceptors (Lipinski definition) is 3. The smallest absolute Gasteiger partial charge is 0.387 e. The van der Waals surface area contributed by atoms with Crippen molar-refractivity contribution in [3.05, 3.63) is 45.1 Å². The summed E-state index contributed by atoms with van der Waals surface area (Å²) >= 11 is 7.69. The minimum atomic E-state index is -2.88. The summed E-state index contributed by atoms with van der Waals surface area (Å²) in [5.74, 6) is -0.0192. The molecule has 1 aromatic heterocycles. The fraction of sp³-hybridized carbons (Fsp3) is 0.333. The molecule has 0 saturated heterocycles. The van der Waals surface area contributed by atoms with Crippen LogP contribution < -0.4 is 10.1 Å². The maximum Gasteiger partial charge on any atom is 0.387 e. The molecule has 1 atom stereocenters. The van der Waals surface area contributed by atoms with Crippen LogP contribution in [0.5, 0.6) is 5.75 Å². The molecule has 1 N–H and O–H groups in total. The standard InChI is InChI=1S/C15H16ClF2NOS/c1-3-11-5-7-14(21-11)9(2)19-10-4-6-13(12(16)8-10)20-15(17)18/h4-9,15,19H,3H2,1-2H3. The van der Waals surface area contributed by atoms with Gasteiger partial charge in [-0.2, -0.15) is 8.78 Å². The average Bonchev–Trinajstić information content (AvgIpc) is 2.90. The van der Waals surface area contributed by atoms with E-state index in [-0.39, 0.29) is 16.8 Å². The van der Waals surface area contributed by atoms with Gasteiger partial charge in [-0.3, -0.25) is 0 Å². The van der Waals surface area contributed by atoms with E-state index in [1.807, 2.05) is 6.92 Å². The summed E-state index contributed by atoms with van der Waals surface area (Å²) < 4.78 is 28.7. The maximum atomic E-state index is 12.2. The van der Waals surface area contributed by atoms with Gasteiger partial charge in [0.25, 0.3) is 0 Å². The van der Waals surface area contributed by atoms with E-state index >= 15 is 0 Å². The lowest BCUT2D eigenvalue weighted by Gasteiger charge is -2.15. The molecule has 0 aliphatic carbocycles. The molecule has 114 valence electrons. The van der Waals surface area contributed by atoms with Gasteiger partial charge in [-0.1, -0.05) is 18.5 Å². The van der Waals surface area contributed by atoms with Crippen LogP contribution >= 0.6 is 22.9 Å². The number of alkyl halides is 2. The third kappa shape index (κ3) is 4.32. The minimum Gasteiger partial charge on any atom is -0.433 e. The van der Waals surface area contributed by atoms with Crippen LogP contribution in [0.1, 0.15) is 29.6 Å². The molecule has 0 spiro atoms. The minimum absolute atomic E-state index is 0.0192. The van der Waals surface area contributed by atoms with E-state index in [9.17, 15) is 8.78 Å². The molecule has 21 heavy (non-hydrogen) atoms. The molecule has 2 aromatic rings. The monoisotopic (exact) mass is 331 g/mol. The zero-order valence-corrected chi connectivity index (χ0v) is 13.3. The Balaban J connectivity index is 2.07. The number of benzene rings is 1. The summed E-state index contributed by atoms with van der Waals surface area (Å²) in [5, 5.41) is 3.46. The van der Waals surface area contributed by atoms with Crippen molar-refractivity contribution in [2.24, 2.45) is 0 Å². The molecule has 0 bridgehead atoms. The molecule has 0 amide bonds. The zero-order valence-electron chi connectivity index (χ0n) is 11.7. The van der Waals surface area contributed by atoms with Crippen LogP contribution in [0.25, 0.3) is 0 Å². The van der Waals surface area contributed by atoms with Gasteiger partial charge in [0.15, 0.2) is 0 Å². The van der Waals surface area contributed by atoms with Crippen molar-refractivity contribution in [1.82, 2.24) is 0 Å². The third-order valence-electron chi connectivity index (χ3n) is 2.99. The van der Waals surface area contributed by atoms with E-state index in [4.69, 9.17) is 11.6 Å². The van der Waals surface area contributed by atoms with Gasteiger partial charge in [0, 0.05) is 15.4 Å². The molecule has 0 aliphatic heterocycles. The topological polar surface area (TPSA) is 21.3 Å². The molecule has 1 unspecified atom stereocenters. The van der Waals surface area contributed by atoms with Crippen LogP contribution in [-0.2, 0) is 6.42 Å². The maximum absolute atomic E-state index is 12.2. The highest BCUT2D eigenvalue weighted by molar-refractivity contribution is 7.12. The van der Waals surface area contributed by atoms with Crippen molar-refractivity contribution in [3.63, 3.8) is 0 Å². The van der Waals surface area contributed by atoms with Gasteiger partial charge in [-0.25, -0.2) is 0 Å². The third-order valence-corrected chi connectivity index (χ3v) is 4.70. The van der Waals surface area contributed by atoms with Crippen molar-refractivity contribution in [3.8, 4) is 5.75 Å². The Kier molecular flexibility index (Phi) is 5.42. The van der Waals surface area contributed by atoms with E-state index in [0.717, 1.165) is 12.1 Å². The number of thiophene rings is 1. The van der Waals surface area contributed by atoms with Gasteiger partial charge in [-0.05, 0) is 43.7 Å². The zero-order chi connectivity index (χ0) is 15.4. The Morgan fingerprint density at radius 1 is 1.29 bits per heavy atom. The van der Waals surface area contributed by atoms with E-state index in [1.54, 1.807) is 23.5 Å². The number of rotatable bonds is 6.